The van der Waals surface area contributed by atoms with Crippen molar-refractivity contribution in [3.8, 4) is 11.5 Å². The van der Waals surface area contributed by atoms with Gasteiger partial charge >= 0.3 is 0 Å². The van der Waals surface area contributed by atoms with Crippen molar-refractivity contribution in [3.05, 3.63) is 121 Å². The van der Waals surface area contributed by atoms with Gasteiger partial charge in [-0.25, -0.2) is 0 Å². The molecule has 4 rings (SSSR count). The van der Waals surface area contributed by atoms with Gasteiger partial charge in [-0.2, -0.15) is 0 Å². The smallest absolute Gasteiger partial charge is 0.238 e. The van der Waals surface area contributed by atoms with E-state index in [9.17, 15) is 4.79 Å². The molecule has 3 aromatic carbocycles. The summed E-state index contributed by atoms with van der Waals surface area (Å²) in [6, 6.07) is 32.4. The summed E-state index contributed by atoms with van der Waals surface area (Å²) in [6.45, 7) is 0.139. The van der Waals surface area contributed by atoms with E-state index in [-0.39, 0.29) is 18.5 Å². The summed E-state index contributed by atoms with van der Waals surface area (Å²) in [5.74, 6) is 1.26. The predicted molar refractivity (Wildman–Crippen MR) is 122 cm³/mol. The fourth-order valence-electron chi connectivity index (χ4n) is 3.25. The molecule has 4 aromatic rings. The molecule has 0 saturated carbocycles. The molecule has 154 valence electrons. The molecule has 1 aromatic heterocycles. The van der Waals surface area contributed by atoms with Crippen molar-refractivity contribution in [1.82, 2.24) is 10.3 Å². The molecule has 0 spiro atoms. The Labute approximate surface area is 181 Å². The van der Waals surface area contributed by atoms with E-state index >= 15 is 0 Å². The molecule has 5 heteroatoms. The molecule has 31 heavy (non-hydrogen) atoms. The first-order valence-corrected chi connectivity index (χ1v) is 10.1. The summed E-state index contributed by atoms with van der Waals surface area (Å²) in [6.07, 6.45) is 1.76. The molecule has 0 bridgehead atoms. The van der Waals surface area contributed by atoms with Crippen LogP contribution in [0.1, 0.15) is 17.3 Å². The summed E-state index contributed by atoms with van der Waals surface area (Å²) in [5.41, 5.74) is 2.58. The maximum Gasteiger partial charge on any atom is 0.238 e. The highest BCUT2D eigenvalue weighted by atomic mass is 16.5. The molecule has 1 heterocycles. The van der Waals surface area contributed by atoms with Crippen LogP contribution in [0, 0.1) is 0 Å². The number of aromatic nitrogens is 1. The molecule has 0 saturated heterocycles. The Morgan fingerprint density at radius 3 is 2.26 bits per heavy atom. The number of pyridine rings is 1. The Morgan fingerprint density at radius 1 is 0.806 bits per heavy atom. The average Bonchev–Trinajstić information content (AvgIpc) is 2.81. The second-order valence-electron chi connectivity index (χ2n) is 6.97. The number of benzene rings is 3. The highest BCUT2D eigenvalue weighted by Crippen LogP contribution is 2.24. The third-order valence-corrected chi connectivity index (χ3v) is 4.68. The van der Waals surface area contributed by atoms with Gasteiger partial charge < -0.3 is 10.1 Å². The Kier molecular flexibility index (Phi) is 6.67. The van der Waals surface area contributed by atoms with E-state index in [1.807, 2.05) is 97.1 Å². The van der Waals surface area contributed by atoms with Crippen LogP contribution in [0.15, 0.2) is 109 Å². The molecule has 0 aliphatic heterocycles. The number of amides is 1. The Hall–Kier alpha value is -3.96. The number of nitrogens with zero attached hydrogens (tertiary/aromatic N) is 1. The van der Waals surface area contributed by atoms with Gasteiger partial charge in [0, 0.05) is 18.0 Å². The standard InChI is InChI=1S/C26H23N3O2/c30-25(29-21-12-9-15-23(18-21)31-22-13-5-2-6-14-22)19-28-26(20-10-3-1-4-11-20)24-16-7-8-17-27-24/h1-18,26,28H,19H2,(H,29,30). The van der Waals surface area contributed by atoms with Crippen LogP contribution in [-0.2, 0) is 4.79 Å². The minimum atomic E-state index is -0.180. The molecule has 0 aliphatic carbocycles. The Bertz CT molecular complexity index is 1060. The number of ether oxygens (including phenoxy) is 1. The summed E-state index contributed by atoms with van der Waals surface area (Å²) in [4.78, 5) is 17.1. The largest absolute Gasteiger partial charge is 0.457 e. The van der Waals surface area contributed by atoms with Crippen molar-refractivity contribution in [2.75, 3.05) is 11.9 Å². The number of rotatable bonds is 8. The first-order chi connectivity index (χ1) is 15.3. The van der Waals surface area contributed by atoms with Crippen LogP contribution in [0.4, 0.5) is 5.69 Å². The van der Waals surface area contributed by atoms with E-state index in [4.69, 9.17) is 4.74 Å². The molecule has 1 atom stereocenters. The number of hydrogen-bond donors (Lipinski definition) is 2. The number of carbonyl (C=O) groups excluding carboxylic acids is 1. The maximum atomic E-state index is 12.6. The van der Waals surface area contributed by atoms with E-state index in [1.54, 1.807) is 12.3 Å². The lowest BCUT2D eigenvalue weighted by Crippen LogP contribution is -2.32. The second kappa shape index (κ2) is 10.2. The summed E-state index contributed by atoms with van der Waals surface area (Å²) >= 11 is 0. The predicted octanol–water partition coefficient (Wildman–Crippen LogP) is 5.19. The van der Waals surface area contributed by atoms with E-state index in [0.717, 1.165) is 17.0 Å². The normalized spacial score (nSPS) is 11.5. The van der Waals surface area contributed by atoms with Crippen molar-refractivity contribution >= 4 is 11.6 Å². The minimum Gasteiger partial charge on any atom is -0.457 e. The van der Waals surface area contributed by atoms with Gasteiger partial charge in [-0.15, -0.1) is 0 Å². The Balaban J connectivity index is 1.40. The highest BCUT2D eigenvalue weighted by Gasteiger charge is 2.16. The molecule has 1 amide bonds. The van der Waals surface area contributed by atoms with Gasteiger partial charge in [-0.1, -0.05) is 60.7 Å². The quantitative estimate of drug-likeness (QED) is 0.420. The minimum absolute atomic E-state index is 0.139. The van der Waals surface area contributed by atoms with E-state index in [0.29, 0.717) is 11.4 Å². The SMILES string of the molecule is O=C(CNC(c1ccccc1)c1ccccn1)Nc1cccc(Oc2ccccc2)c1. The van der Waals surface area contributed by atoms with Crippen molar-refractivity contribution < 1.29 is 9.53 Å². The molecule has 5 nitrogen and oxygen atoms in total. The molecule has 0 aliphatic rings. The van der Waals surface area contributed by atoms with Crippen molar-refractivity contribution in [1.29, 1.82) is 0 Å². The first-order valence-electron chi connectivity index (χ1n) is 10.1. The van der Waals surface area contributed by atoms with Gasteiger partial charge in [0.25, 0.3) is 0 Å². The van der Waals surface area contributed by atoms with Crippen LogP contribution in [0.3, 0.4) is 0 Å². The van der Waals surface area contributed by atoms with Crippen molar-refractivity contribution in [2.24, 2.45) is 0 Å². The van der Waals surface area contributed by atoms with Crippen molar-refractivity contribution in [3.63, 3.8) is 0 Å². The number of carbonyl (C=O) groups is 1. The lowest BCUT2D eigenvalue weighted by atomic mass is 10.0. The zero-order valence-corrected chi connectivity index (χ0v) is 16.9. The van der Waals surface area contributed by atoms with Gasteiger partial charge in [-0.05, 0) is 42.0 Å². The molecule has 2 N–H and O–H groups in total. The fourth-order valence-corrected chi connectivity index (χ4v) is 3.25. The highest BCUT2D eigenvalue weighted by molar-refractivity contribution is 5.92. The molecule has 0 fully saturated rings. The van der Waals surface area contributed by atoms with Crippen LogP contribution >= 0.6 is 0 Å². The zero-order chi connectivity index (χ0) is 21.3. The number of anilines is 1. The number of para-hydroxylation sites is 1. The molecular weight excluding hydrogens is 386 g/mol. The van der Waals surface area contributed by atoms with Gasteiger partial charge in [0.05, 0.1) is 18.3 Å². The molecule has 0 radical (unpaired) electrons. The molecule has 1 unspecified atom stereocenters. The summed E-state index contributed by atoms with van der Waals surface area (Å²) in [5, 5.41) is 6.25. The monoisotopic (exact) mass is 409 g/mol. The maximum absolute atomic E-state index is 12.6. The van der Waals surface area contributed by atoms with E-state index in [2.05, 4.69) is 15.6 Å². The summed E-state index contributed by atoms with van der Waals surface area (Å²) < 4.78 is 5.84. The van der Waals surface area contributed by atoms with Crippen LogP contribution in [-0.4, -0.2) is 17.4 Å². The Morgan fingerprint density at radius 2 is 1.52 bits per heavy atom. The lowest BCUT2D eigenvalue weighted by Gasteiger charge is -2.18. The van der Waals surface area contributed by atoms with Crippen LogP contribution in [0.25, 0.3) is 0 Å². The van der Waals surface area contributed by atoms with Gasteiger partial charge in [0.2, 0.25) is 5.91 Å². The topological polar surface area (TPSA) is 63.2 Å². The van der Waals surface area contributed by atoms with Crippen molar-refractivity contribution in [2.45, 2.75) is 6.04 Å². The second-order valence-corrected chi connectivity index (χ2v) is 6.97. The zero-order valence-electron chi connectivity index (χ0n) is 16.9. The van der Waals surface area contributed by atoms with Crippen LogP contribution in [0.2, 0.25) is 0 Å². The number of nitrogens with one attached hydrogen (secondary N) is 2. The van der Waals surface area contributed by atoms with E-state index < -0.39 is 0 Å². The van der Waals surface area contributed by atoms with Gasteiger partial charge in [0.1, 0.15) is 11.5 Å². The summed E-state index contributed by atoms with van der Waals surface area (Å²) in [7, 11) is 0. The average molecular weight is 409 g/mol. The van der Waals surface area contributed by atoms with Crippen LogP contribution < -0.4 is 15.4 Å². The fraction of sp³-hybridized carbons (Fsp3) is 0.0769. The third-order valence-electron chi connectivity index (χ3n) is 4.68. The third kappa shape index (κ3) is 5.78. The van der Waals surface area contributed by atoms with E-state index in [1.165, 1.54) is 0 Å². The molecular formula is C26H23N3O2. The lowest BCUT2D eigenvalue weighted by molar-refractivity contribution is -0.115. The van der Waals surface area contributed by atoms with Gasteiger partial charge in [0.15, 0.2) is 0 Å². The number of hydrogen-bond acceptors (Lipinski definition) is 4. The van der Waals surface area contributed by atoms with Crippen LogP contribution in [0.5, 0.6) is 11.5 Å². The van der Waals surface area contributed by atoms with Gasteiger partial charge in [-0.3, -0.25) is 15.1 Å². The first kappa shape index (κ1) is 20.3.